The number of hydrogen-bond acceptors (Lipinski definition) is 4. The number of rotatable bonds is 3. The first-order chi connectivity index (χ1) is 7.65. The van der Waals surface area contributed by atoms with E-state index in [1.165, 1.54) is 0 Å². The molecule has 0 aromatic carbocycles. The van der Waals surface area contributed by atoms with Gasteiger partial charge in [-0.3, -0.25) is 5.10 Å². The fourth-order valence-corrected chi connectivity index (χ4v) is 1.34. The third-order valence-corrected chi connectivity index (χ3v) is 1.95. The summed E-state index contributed by atoms with van der Waals surface area (Å²) in [6.07, 6.45) is 0.106. The minimum Gasteiger partial charge on any atom is -0.475 e. The first kappa shape index (κ1) is 10.5. The van der Waals surface area contributed by atoms with Crippen molar-refractivity contribution < 1.29 is 4.74 Å². The molecule has 0 atom stereocenters. The van der Waals surface area contributed by atoms with E-state index in [1.807, 2.05) is 32.0 Å². The molecule has 2 aromatic heterocycles. The molecule has 5 heteroatoms. The molecule has 0 spiro atoms. The van der Waals surface area contributed by atoms with Crippen molar-refractivity contribution in [1.82, 2.24) is 15.2 Å². The lowest BCUT2D eigenvalue weighted by Crippen LogP contribution is -2.06. The van der Waals surface area contributed by atoms with Crippen molar-refractivity contribution in [2.75, 3.05) is 5.73 Å². The summed E-state index contributed by atoms with van der Waals surface area (Å²) in [7, 11) is 0. The average molecular weight is 218 g/mol. The SMILES string of the molecule is CC(C)Oc1cccc(-c2cc(N)n[nH]2)n1. The maximum atomic E-state index is 5.53. The number of ether oxygens (including phenoxy) is 1. The Labute approximate surface area is 93.7 Å². The second-order valence-electron chi connectivity index (χ2n) is 3.73. The van der Waals surface area contributed by atoms with Crippen molar-refractivity contribution in [1.29, 1.82) is 0 Å². The Morgan fingerprint density at radius 1 is 1.38 bits per heavy atom. The second-order valence-corrected chi connectivity index (χ2v) is 3.73. The lowest BCUT2D eigenvalue weighted by atomic mass is 10.3. The van der Waals surface area contributed by atoms with Crippen LogP contribution in [0.5, 0.6) is 5.88 Å². The third kappa shape index (κ3) is 2.31. The molecule has 2 aromatic rings. The van der Waals surface area contributed by atoms with Crippen LogP contribution in [0.1, 0.15) is 13.8 Å². The summed E-state index contributed by atoms with van der Waals surface area (Å²) in [4.78, 5) is 4.35. The molecule has 2 rings (SSSR count). The normalized spacial score (nSPS) is 10.7. The van der Waals surface area contributed by atoms with Gasteiger partial charge in [-0.2, -0.15) is 5.10 Å². The fraction of sp³-hybridized carbons (Fsp3) is 0.273. The van der Waals surface area contributed by atoms with Gasteiger partial charge in [0.1, 0.15) is 5.82 Å². The average Bonchev–Trinajstić information content (AvgIpc) is 2.64. The highest BCUT2D eigenvalue weighted by molar-refractivity contribution is 5.58. The van der Waals surface area contributed by atoms with Gasteiger partial charge in [0.25, 0.3) is 0 Å². The van der Waals surface area contributed by atoms with Crippen molar-refractivity contribution in [2.24, 2.45) is 0 Å². The number of aromatic amines is 1. The van der Waals surface area contributed by atoms with E-state index in [-0.39, 0.29) is 6.10 Å². The first-order valence-corrected chi connectivity index (χ1v) is 5.10. The lowest BCUT2D eigenvalue weighted by Gasteiger charge is -2.08. The van der Waals surface area contributed by atoms with Crippen LogP contribution in [0.25, 0.3) is 11.4 Å². The van der Waals surface area contributed by atoms with Gasteiger partial charge in [0.2, 0.25) is 5.88 Å². The number of nitrogens with zero attached hydrogens (tertiary/aromatic N) is 2. The van der Waals surface area contributed by atoms with Gasteiger partial charge in [-0.25, -0.2) is 4.98 Å². The van der Waals surface area contributed by atoms with Gasteiger partial charge in [-0.05, 0) is 19.9 Å². The molecule has 0 aliphatic carbocycles. The monoisotopic (exact) mass is 218 g/mol. The highest BCUT2D eigenvalue weighted by Gasteiger charge is 2.05. The molecule has 84 valence electrons. The molecule has 0 radical (unpaired) electrons. The van der Waals surface area contributed by atoms with Crippen LogP contribution in [0.3, 0.4) is 0 Å². The van der Waals surface area contributed by atoms with Crippen LogP contribution >= 0.6 is 0 Å². The van der Waals surface area contributed by atoms with E-state index < -0.39 is 0 Å². The smallest absolute Gasteiger partial charge is 0.214 e. The molecule has 0 bridgehead atoms. The lowest BCUT2D eigenvalue weighted by molar-refractivity contribution is 0.233. The Morgan fingerprint density at radius 3 is 2.81 bits per heavy atom. The van der Waals surface area contributed by atoms with E-state index >= 15 is 0 Å². The molecule has 0 unspecified atom stereocenters. The predicted molar refractivity (Wildman–Crippen MR) is 62.0 cm³/mol. The number of aromatic nitrogens is 3. The Bertz CT molecular complexity index is 478. The van der Waals surface area contributed by atoms with Gasteiger partial charge in [0.05, 0.1) is 17.5 Å². The van der Waals surface area contributed by atoms with E-state index in [9.17, 15) is 0 Å². The van der Waals surface area contributed by atoms with Crippen molar-refractivity contribution in [3.05, 3.63) is 24.3 Å². The molecule has 0 amide bonds. The molecule has 0 fully saturated rings. The summed E-state index contributed by atoms with van der Waals surface area (Å²) >= 11 is 0. The Morgan fingerprint density at radius 2 is 2.19 bits per heavy atom. The number of H-pyrrole nitrogens is 1. The summed E-state index contributed by atoms with van der Waals surface area (Å²) in [5.41, 5.74) is 7.08. The molecule has 0 saturated heterocycles. The van der Waals surface area contributed by atoms with Crippen molar-refractivity contribution in [2.45, 2.75) is 20.0 Å². The van der Waals surface area contributed by atoms with E-state index in [1.54, 1.807) is 6.07 Å². The number of anilines is 1. The maximum Gasteiger partial charge on any atom is 0.214 e. The third-order valence-electron chi connectivity index (χ3n) is 1.95. The molecule has 0 aliphatic rings. The van der Waals surface area contributed by atoms with Crippen molar-refractivity contribution in [3.8, 4) is 17.3 Å². The zero-order valence-electron chi connectivity index (χ0n) is 9.27. The summed E-state index contributed by atoms with van der Waals surface area (Å²) < 4.78 is 5.51. The van der Waals surface area contributed by atoms with E-state index in [2.05, 4.69) is 15.2 Å². The van der Waals surface area contributed by atoms with Gasteiger partial charge in [-0.15, -0.1) is 0 Å². The van der Waals surface area contributed by atoms with Crippen molar-refractivity contribution >= 4 is 5.82 Å². The van der Waals surface area contributed by atoms with Gasteiger partial charge in [0.15, 0.2) is 0 Å². The fourth-order valence-electron chi connectivity index (χ4n) is 1.34. The molecule has 0 saturated carbocycles. The van der Waals surface area contributed by atoms with Crippen LogP contribution in [-0.4, -0.2) is 21.3 Å². The minimum atomic E-state index is 0.106. The molecule has 2 heterocycles. The molecule has 3 N–H and O–H groups in total. The van der Waals surface area contributed by atoms with Gasteiger partial charge in [0, 0.05) is 12.1 Å². The zero-order chi connectivity index (χ0) is 11.5. The van der Waals surface area contributed by atoms with E-state index in [4.69, 9.17) is 10.5 Å². The first-order valence-electron chi connectivity index (χ1n) is 5.10. The number of pyridine rings is 1. The summed E-state index contributed by atoms with van der Waals surface area (Å²) in [5, 5.41) is 6.66. The molecule has 0 aliphatic heterocycles. The highest BCUT2D eigenvalue weighted by Crippen LogP contribution is 2.19. The van der Waals surface area contributed by atoms with Crippen LogP contribution in [0.4, 0.5) is 5.82 Å². The Hall–Kier alpha value is -2.04. The standard InChI is InChI=1S/C11H14N4O/c1-7(2)16-11-5-3-4-8(13-11)9-6-10(12)15-14-9/h3-7H,1-2H3,(H3,12,14,15). The molecular weight excluding hydrogens is 204 g/mol. The van der Waals surface area contributed by atoms with Crippen LogP contribution in [0.15, 0.2) is 24.3 Å². The molecule has 16 heavy (non-hydrogen) atoms. The van der Waals surface area contributed by atoms with Crippen LogP contribution in [-0.2, 0) is 0 Å². The van der Waals surface area contributed by atoms with Crippen LogP contribution in [0, 0.1) is 0 Å². The number of hydrogen-bond donors (Lipinski definition) is 2. The van der Waals surface area contributed by atoms with Gasteiger partial charge in [-0.1, -0.05) is 6.07 Å². The Balaban J connectivity index is 2.28. The minimum absolute atomic E-state index is 0.106. The highest BCUT2D eigenvalue weighted by atomic mass is 16.5. The quantitative estimate of drug-likeness (QED) is 0.824. The largest absolute Gasteiger partial charge is 0.475 e. The van der Waals surface area contributed by atoms with E-state index in [0.29, 0.717) is 11.7 Å². The van der Waals surface area contributed by atoms with Gasteiger partial charge >= 0.3 is 0 Å². The topological polar surface area (TPSA) is 76.8 Å². The molecular formula is C11H14N4O. The van der Waals surface area contributed by atoms with Gasteiger partial charge < -0.3 is 10.5 Å². The van der Waals surface area contributed by atoms with Crippen LogP contribution < -0.4 is 10.5 Å². The second kappa shape index (κ2) is 4.22. The summed E-state index contributed by atoms with van der Waals surface area (Å²) in [5.74, 6) is 1.05. The predicted octanol–water partition coefficient (Wildman–Crippen LogP) is 1.84. The summed E-state index contributed by atoms with van der Waals surface area (Å²) in [6.45, 7) is 3.92. The Kier molecular flexibility index (Phi) is 2.76. The summed E-state index contributed by atoms with van der Waals surface area (Å²) in [6, 6.07) is 7.32. The van der Waals surface area contributed by atoms with Crippen molar-refractivity contribution in [3.63, 3.8) is 0 Å². The zero-order valence-corrected chi connectivity index (χ0v) is 9.27. The van der Waals surface area contributed by atoms with E-state index in [0.717, 1.165) is 11.4 Å². The number of nitrogens with one attached hydrogen (secondary N) is 1. The maximum absolute atomic E-state index is 5.53. The van der Waals surface area contributed by atoms with Crippen LogP contribution in [0.2, 0.25) is 0 Å². The number of nitrogen functional groups attached to an aromatic ring is 1. The number of nitrogens with two attached hydrogens (primary N) is 1. The molecule has 5 nitrogen and oxygen atoms in total.